The SMILES string of the molecule is CCN(C(=O)Cc1csc(N2CCCC2=O)n1)c1cc(C)ccc1C. The third-order valence-corrected chi connectivity index (χ3v) is 5.36. The van der Waals surface area contributed by atoms with Crippen LogP contribution < -0.4 is 9.80 Å². The molecule has 1 aromatic carbocycles. The highest BCUT2D eigenvalue weighted by atomic mass is 32.1. The highest BCUT2D eigenvalue weighted by molar-refractivity contribution is 7.14. The molecule has 2 amide bonds. The molecule has 0 aliphatic carbocycles. The van der Waals surface area contributed by atoms with Gasteiger partial charge in [0.15, 0.2) is 5.13 Å². The number of rotatable bonds is 5. The van der Waals surface area contributed by atoms with Gasteiger partial charge in [-0.2, -0.15) is 0 Å². The molecule has 0 radical (unpaired) electrons. The zero-order chi connectivity index (χ0) is 18.0. The molecular weight excluding hydrogens is 334 g/mol. The first kappa shape index (κ1) is 17.6. The van der Waals surface area contributed by atoms with Crippen LogP contribution in [0.15, 0.2) is 23.6 Å². The van der Waals surface area contributed by atoms with Crippen LogP contribution in [0.3, 0.4) is 0 Å². The molecule has 1 fully saturated rings. The number of amides is 2. The third-order valence-electron chi connectivity index (χ3n) is 4.45. The van der Waals surface area contributed by atoms with Gasteiger partial charge in [0.05, 0.1) is 12.1 Å². The van der Waals surface area contributed by atoms with E-state index in [0.717, 1.165) is 35.5 Å². The van der Waals surface area contributed by atoms with Crippen molar-refractivity contribution in [3.63, 3.8) is 0 Å². The zero-order valence-electron chi connectivity index (χ0n) is 14.9. The van der Waals surface area contributed by atoms with E-state index in [9.17, 15) is 9.59 Å². The number of thiazole rings is 1. The topological polar surface area (TPSA) is 53.5 Å². The summed E-state index contributed by atoms with van der Waals surface area (Å²) in [4.78, 5) is 32.7. The highest BCUT2D eigenvalue weighted by Gasteiger charge is 2.25. The lowest BCUT2D eigenvalue weighted by Gasteiger charge is -2.23. The molecule has 0 spiro atoms. The largest absolute Gasteiger partial charge is 0.312 e. The van der Waals surface area contributed by atoms with Gasteiger partial charge in [-0.1, -0.05) is 12.1 Å². The summed E-state index contributed by atoms with van der Waals surface area (Å²) in [6.45, 7) is 7.37. The minimum atomic E-state index is 0.0285. The summed E-state index contributed by atoms with van der Waals surface area (Å²) < 4.78 is 0. The molecule has 1 saturated heterocycles. The summed E-state index contributed by atoms with van der Waals surface area (Å²) in [6, 6.07) is 6.14. The molecule has 6 heteroatoms. The Kier molecular flexibility index (Phi) is 5.18. The molecule has 1 aliphatic rings. The summed E-state index contributed by atoms with van der Waals surface area (Å²) in [6.07, 6.45) is 1.72. The second-order valence-corrected chi connectivity index (χ2v) is 7.21. The predicted molar refractivity (Wildman–Crippen MR) is 101 cm³/mol. The molecule has 0 atom stereocenters. The molecule has 2 heterocycles. The Morgan fingerprint density at radius 2 is 2.16 bits per heavy atom. The summed E-state index contributed by atoms with van der Waals surface area (Å²) >= 11 is 1.44. The molecule has 0 N–H and O–H groups in total. The highest BCUT2D eigenvalue weighted by Crippen LogP contribution is 2.27. The molecular formula is C19H23N3O2S. The van der Waals surface area contributed by atoms with Crippen molar-refractivity contribution in [2.75, 3.05) is 22.9 Å². The standard InChI is InChI=1S/C19H23N3O2S/c1-4-21(16-10-13(2)7-8-14(16)3)18(24)11-15-12-25-19(20-15)22-9-5-6-17(22)23/h7-8,10,12H,4-6,9,11H2,1-3H3. The number of carbonyl (C=O) groups excluding carboxylic acids is 2. The fourth-order valence-corrected chi connectivity index (χ4v) is 3.96. The number of carbonyl (C=O) groups is 2. The average Bonchev–Trinajstić information content (AvgIpc) is 3.20. The van der Waals surface area contributed by atoms with Crippen LogP contribution in [0, 0.1) is 13.8 Å². The average molecular weight is 357 g/mol. The van der Waals surface area contributed by atoms with Crippen molar-refractivity contribution in [2.24, 2.45) is 0 Å². The smallest absolute Gasteiger partial charge is 0.233 e. The molecule has 2 aromatic rings. The van der Waals surface area contributed by atoms with Gasteiger partial charge in [0.2, 0.25) is 11.8 Å². The Morgan fingerprint density at radius 1 is 1.36 bits per heavy atom. The molecule has 1 aliphatic heterocycles. The van der Waals surface area contributed by atoms with Crippen LogP contribution in [0.5, 0.6) is 0 Å². The maximum absolute atomic E-state index is 12.8. The van der Waals surface area contributed by atoms with E-state index in [1.165, 1.54) is 11.3 Å². The van der Waals surface area contributed by atoms with Crippen molar-refractivity contribution < 1.29 is 9.59 Å². The van der Waals surface area contributed by atoms with Gasteiger partial charge >= 0.3 is 0 Å². The maximum atomic E-state index is 12.8. The van der Waals surface area contributed by atoms with Gasteiger partial charge in [-0.3, -0.25) is 14.5 Å². The van der Waals surface area contributed by atoms with Crippen molar-refractivity contribution in [3.8, 4) is 0 Å². The Bertz CT molecular complexity index is 800. The second-order valence-electron chi connectivity index (χ2n) is 6.38. The lowest BCUT2D eigenvalue weighted by atomic mass is 10.1. The summed E-state index contributed by atoms with van der Waals surface area (Å²) in [5.41, 5.74) is 3.91. The van der Waals surface area contributed by atoms with Gasteiger partial charge in [0.1, 0.15) is 0 Å². The number of benzene rings is 1. The third kappa shape index (κ3) is 3.74. The fourth-order valence-electron chi connectivity index (χ4n) is 3.09. The molecule has 1 aromatic heterocycles. The first-order valence-electron chi connectivity index (χ1n) is 8.62. The van der Waals surface area contributed by atoms with E-state index in [1.54, 1.807) is 4.90 Å². The van der Waals surface area contributed by atoms with E-state index in [0.29, 0.717) is 18.1 Å². The zero-order valence-corrected chi connectivity index (χ0v) is 15.7. The van der Waals surface area contributed by atoms with Gasteiger partial charge in [0.25, 0.3) is 0 Å². The summed E-state index contributed by atoms with van der Waals surface area (Å²) in [7, 11) is 0. The van der Waals surface area contributed by atoms with Crippen LogP contribution >= 0.6 is 11.3 Å². The minimum absolute atomic E-state index is 0.0285. The van der Waals surface area contributed by atoms with E-state index in [1.807, 2.05) is 43.2 Å². The van der Waals surface area contributed by atoms with Crippen LogP contribution in [0.1, 0.15) is 36.6 Å². The van der Waals surface area contributed by atoms with Crippen LogP contribution in [0.4, 0.5) is 10.8 Å². The van der Waals surface area contributed by atoms with Crippen LogP contribution in [0.25, 0.3) is 0 Å². The van der Waals surface area contributed by atoms with E-state index in [-0.39, 0.29) is 18.2 Å². The number of nitrogens with zero attached hydrogens (tertiary/aromatic N) is 3. The van der Waals surface area contributed by atoms with E-state index >= 15 is 0 Å². The normalized spacial score (nSPS) is 14.2. The molecule has 3 rings (SSSR count). The Hall–Kier alpha value is -2.21. The van der Waals surface area contributed by atoms with Gasteiger partial charge in [0, 0.05) is 30.6 Å². The number of likely N-dealkylation sites (N-methyl/N-ethyl adjacent to an activating group) is 1. The van der Waals surface area contributed by atoms with Crippen LogP contribution in [-0.2, 0) is 16.0 Å². The lowest BCUT2D eigenvalue weighted by Crippen LogP contribution is -2.32. The van der Waals surface area contributed by atoms with E-state index in [2.05, 4.69) is 11.1 Å². The molecule has 0 unspecified atom stereocenters. The van der Waals surface area contributed by atoms with Crippen molar-refractivity contribution in [1.82, 2.24) is 4.98 Å². The van der Waals surface area contributed by atoms with Gasteiger partial charge in [-0.15, -0.1) is 11.3 Å². The first-order valence-corrected chi connectivity index (χ1v) is 9.50. The van der Waals surface area contributed by atoms with Crippen LogP contribution in [0.2, 0.25) is 0 Å². The van der Waals surface area contributed by atoms with E-state index < -0.39 is 0 Å². The van der Waals surface area contributed by atoms with Crippen molar-refractivity contribution >= 4 is 34.0 Å². The summed E-state index contributed by atoms with van der Waals surface area (Å²) in [5.74, 6) is 0.151. The van der Waals surface area contributed by atoms with Crippen molar-refractivity contribution in [1.29, 1.82) is 0 Å². The fraction of sp³-hybridized carbons (Fsp3) is 0.421. The molecule has 0 saturated carbocycles. The molecule has 25 heavy (non-hydrogen) atoms. The Morgan fingerprint density at radius 3 is 2.84 bits per heavy atom. The number of aryl methyl sites for hydroxylation is 2. The minimum Gasteiger partial charge on any atom is -0.312 e. The number of hydrogen-bond donors (Lipinski definition) is 0. The second kappa shape index (κ2) is 7.35. The number of hydrogen-bond acceptors (Lipinski definition) is 4. The van der Waals surface area contributed by atoms with Gasteiger partial charge in [-0.25, -0.2) is 4.98 Å². The molecule has 0 bridgehead atoms. The number of anilines is 2. The Balaban J connectivity index is 1.75. The first-order chi connectivity index (χ1) is 12.0. The van der Waals surface area contributed by atoms with E-state index in [4.69, 9.17) is 0 Å². The maximum Gasteiger partial charge on any atom is 0.233 e. The number of aromatic nitrogens is 1. The monoisotopic (exact) mass is 357 g/mol. The summed E-state index contributed by atoms with van der Waals surface area (Å²) in [5, 5.41) is 2.59. The van der Waals surface area contributed by atoms with Crippen molar-refractivity contribution in [3.05, 3.63) is 40.4 Å². The lowest BCUT2D eigenvalue weighted by molar-refractivity contribution is -0.118. The van der Waals surface area contributed by atoms with Crippen LogP contribution in [-0.4, -0.2) is 29.9 Å². The predicted octanol–water partition coefficient (Wildman–Crippen LogP) is 3.48. The quantitative estimate of drug-likeness (QED) is 0.823. The van der Waals surface area contributed by atoms with Gasteiger partial charge in [-0.05, 0) is 44.4 Å². The van der Waals surface area contributed by atoms with Gasteiger partial charge < -0.3 is 4.90 Å². The Labute approximate surface area is 152 Å². The molecule has 132 valence electrons. The molecule has 5 nitrogen and oxygen atoms in total. The van der Waals surface area contributed by atoms with Crippen molar-refractivity contribution in [2.45, 2.75) is 40.0 Å².